The van der Waals surface area contributed by atoms with Crippen molar-refractivity contribution in [2.45, 2.75) is 25.0 Å². The summed E-state index contributed by atoms with van der Waals surface area (Å²) < 4.78 is 36.2. The van der Waals surface area contributed by atoms with Gasteiger partial charge in [0.05, 0.1) is 0 Å². The predicted octanol–water partition coefficient (Wildman–Crippen LogP) is 2.80. The Balaban J connectivity index is 2.47. The highest BCUT2D eigenvalue weighted by Crippen LogP contribution is 2.24. The smallest absolute Gasteiger partial charge is 0.383 e. The van der Waals surface area contributed by atoms with E-state index in [1.165, 1.54) is 6.92 Å². The number of aliphatic hydroxyl groups is 1. The van der Waals surface area contributed by atoms with E-state index in [0.29, 0.717) is 11.4 Å². The summed E-state index contributed by atoms with van der Waals surface area (Å²) in [6, 6.07) is 6.84. The SMILES string of the molecule is CC(=O)Nc1cccc(CSC[C@H](O)C(F)(F)F)c1. The molecule has 2 N–H and O–H groups in total. The molecule has 1 aromatic carbocycles. The first-order valence-electron chi connectivity index (χ1n) is 5.48. The zero-order chi connectivity index (χ0) is 14.5. The fourth-order valence-corrected chi connectivity index (χ4v) is 2.27. The van der Waals surface area contributed by atoms with Crippen molar-refractivity contribution in [1.29, 1.82) is 0 Å². The minimum absolute atomic E-state index is 0.211. The Bertz CT molecular complexity index is 437. The molecule has 106 valence electrons. The zero-order valence-electron chi connectivity index (χ0n) is 10.2. The van der Waals surface area contributed by atoms with E-state index in [4.69, 9.17) is 5.11 Å². The molecule has 0 aliphatic heterocycles. The number of halogens is 3. The number of hydrogen-bond acceptors (Lipinski definition) is 3. The first-order chi connectivity index (χ1) is 8.79. The van der Waals surface area contributed by atoms with Gasteiger partial charge in [0.1, 0.15) is 0 Å². The fourth-order valence-electron chi connectivity index (χ4n) is 1.33. The predicted molar refractivity (Wildman–Crippen MR) is 69.0 cm³/mol. The van der Waals surface area contributed by atoms with Gasteiger partial charge in [-0.05, 0) is 17.7 Å². The van der Waals surface area contributed by atoms with Crippen LogP contribution < -0.4 is 5.32 Å². The van der Waals surface area contributed by atoms with Crippen LogP contribution in [0.1, 0.15) is 12.5 Å². The van der Waals surface area contributed by atoms with Crippen LogP contribution in [0.25, 0.3) is 0 Å². The molecule has 0 spiro atoms. The maximum absolute atomic E-state index is 12.1. The zero-order valence-corrected chi connectivity index (χ0v) is 11.0. The summed E-state index contributed by atoms with van der Waals surface area (Å²) in [4.78, 5) is 10.9. The number of carbonyl (C=O) groups excluding carboxylic acids is 1. The Morgan fingerprint density at radius 3 is 2.74 bits per heavy atom. The number of hydrogen-bond donors (Lipinski definition) is 2. The molecule has 19 heavy (non-hydrogen) atoms. The van der Waals surface area contributed by atoms with Crippen LogP contribution in [0.5, 0.6) is 0 Å². The average Bonchev–Trinajstić information content (AvgIpc) is 2.27. The topological polar surface area (TPSA) is 49.3 Å². The molecular formula is C12H14F3NO2S. The van der Waals surface area contributed by atoms with Gasteiger partial charge in [-0.15, -0.1) is 0 Å². The maximum atomic E-state index is 12.1. The van der Waals surface area contributed by atoms with Crippen molar-refractivity contribution < 1.29 is 23.1 Å². The monoisotopic (exact) mass is 293 g/mol. The van der Waals surface area contributed by atoms with Crippen LogP contribution in [0, 0.1) is 0 Å². The van der Waals surface area contributed by atoms with Crippen LogP contribution in [0.3, 0.4) is 0 Å². The van der Waals surface area contributed by atoms with Gasteiger partial charge in [0, 0.05) is 24.1 Å². The molecule has 1 amide bonds. The number of alkyl halides is 3. The quantitative estimate of drug-likeness (QED) is 0.877. The maximum Gasteiger partial charge on any atom is 0.415 e. The number of thioether (sulfide) groups is 1. The first-order valence-corrected chi connectivity index (χ1v) is 6.63. The van der Waals surface area contributed by atoms with Gasteiger partial charge in [0.2, 0.25) is 5.91 Å². The average molecular weight is 293 g/mol. The van der Waals surface area contributed by atoms with Gasteiger partial charge in [-0.25, -0.2) is 0 Å². The number of aliphatic hydroxyl groups excluding tert-OH is 1. The number of nitrogens with one attached hydrogen (secondary N) is 1. The Kier molecular flexibility index (Phi) is 5.68. The van der Waals surface area contributed by atoms with E-state index in [0.717, 1.165) is 17.3 Å². The summed E-state index contributed by atoms with van der Waals surface area (Å²) >= 11 is 0.986. The van der Waals surface area contributed by atoms with E-state index in [1.54, 1.807) is 24.3 Å². The van der Waals surface area contributed by atoms with E-state index in [9.17, 15) is 18.0 Å². The molecule has 1 rings (SSSR count). The molecule has 0 aromatic heterocycles. The van der Waals surface area contributed by atoms with Crippen LogP contribution in [0.2, 0.25) is 0 Å². The van der Waals surface area contributed by atoms with Gasteiger partial charge in [-0.2, -0.15) is 24.9 Å². The second-order valence-electron chi connectivity index (χ2n) is 3.95. The molecule has 1 aromatic rings. The second kappa shape index (κ2) is 6.81. The molecule has 0 aliphatic rings. The summed E-state index contributed by atoms with van der Waals surface area (Å²) in [6.07, 6.45) is -6.89. The van der Waals surface area contributed by atoms with E-state index >= 15 is 0 Å². The molecule has 0 bridgehead atoms. The van der Waals surface area contributed by atoms with Crippen molar-refractivity contribution in [3.8, 4) is 0 Å². The summed E-state index contributed by atoms with van der Waals surface area (Å²) in [5, 5.41) is 11.4. The second-order valence-corrected chi connectivity index (χ2v) is 4.98. The molecule has 0 radical (unpaired) electrons. The number of anilines is 1. The number of amides is 1. The summed E-state index contributed by atoms with van der Waals surface area (Å²) in [5.74, 6) is -0.286. The standard InChI is InChI=1S/C12H14F3NO2S/c1-8(17)16-10-4-2-3-9(5-10)6-19-7-11(18)12(13,14)15/h2-5,11,18H,6-7H2,1H3,(H,16,17)/t11-/m0/s1. The van der Waals surface area contributed by atoms with Gasteiger partial charge in [0.15, 0.2) is 6.10 Å². The molecule has 0 fully saturated rings. The summed E-state index contributed by atoms with van der Waals surface area (Å²) in [6.45, 7) is 1.38. The van der Waals surface area contributed by atoms with E-state index in [-0.39, 0.29) is 5.91 Å². The van der Waals surface area contributed by atoms with Gasteiger partial charge < -0.3 is 10.4 Å². The van der Waals surface area contributed by atoms with Crippen molar-refractivity contribution in [3.63, 3.8) is 0 Å². The van der Waals surface area contributed by atoms with Gasteiger partial charge >= 0.3 is 6.18 Å². The van der Waals surface area contributed by atoms with Crippen molar-refractivity contribution >= 4 is 23.4 Å². The normalized spacial score (nSPS) is 13.1. The van der Waals surface area contributed by atoms with Crippen LogP contribution in [0.4, 0.5) is 18.9 Å². The lowest BCUT2D eigenvalue weighted by Crippen LogP contribution is -2.30. The molecule has 0 unspecified atom stereocenters. The van der Waals surface area contributed by atoms with Gasteiger partial charge in [-0.3, -0.25) is 4.79 Å². The highest BCUT2D eigenvalue weighted by Gasteiger charge is 2.37. The van der Waals surface area contributed by atoms with Crippen molar-refractivity contribution in [1.82, 2.24) is 0 Å². The minimum atomic E-state index is -4.58. The fraction of sp³-hybridized carbons (Fsp3) is 0.417. The molecule has 1 atom stereocenters. The Morgan fingerprint density at radius 2 is 2.16 bits per heavy atom. The van der Waals surface area contributed by atoms with Crippen molar-refractivity contribution in [3.05, 3.63) is 29.8 Å². The van der Waals surface area contributed by atoms with Crippen LogP contribution >= 0.6 is 11.8 Å². The Hall–Kier alpha value is -1.21. The lowest BCUT2D eigenvalue weighted by atomic mass is 10.2. The molecular weight excluding hydrogens is 279 g/mol. The molecule has 7 heteroatoms. The van der Waals surface area contributed by atoms with Crippen LogP contribution in [-0.4, -0.2) is 29.0 Å². The molecule has 0 saturated carbocycles. The van der Waals surface area contributed by atoms with Crippen LogP contribution in [0.15, 0.2) is 24.3 Å². The molecule has 3 nitrogen and oxygen atoms in total. The molecule has 0 aliphatic carbocycles. The first kappa shape index (κ1) is 15.8. The van der Waals surface area contributed by atoms with Crippen LogP contribution in [-0.2, 0) is 10.5 Å². The number of carbonyl (C=O) groups is 1. The number of benzene rings is 1. The van der Waals surface area contributed by atoms with Crippen molar-refractivity contribution in [2.75, 3.05) is 11.1 Å². The lowest BCUT2D eigenvalue weighted by molar-refractivity contribution is -0.195. The molecule has 0 heterocycles. The minimum Gasteiger partial charge on any atom is -0.383 e. The van der Waals surface area contributed by atoms with Gasteiger partial charge in [-0.1, -0.05) is 12.1 Å². The summed E-state index contributed by atoms with van der Waals surface area (Å²) in [7, 11) is 0. The third-order valence-electron chi connectivity index (χ3n) is 2.17. The Labute approximate surface area is 113 Å². The van der Waals surface area contributed by atoms with Crippen molar-refractivity contribution in [2.24, 2.45) is 0 Å². The molecule has 0 saturated heterocycles. The van der Waals surface area contributed by atoms with E-state index in [2.05, 4.69) is 5.32 Å². The van der Waals surface area contributed by atoms with Gasteiger partial charge in [0.25, 0.3) is 0 Å². The Morgan fingerprint density at radius 1 is 1.47 bits per heavy atom. The summed E-state index contributed by atoms with van der Waals surface area (Å²) in [5.41, 5.74) is 1.38. The largest absolute Gasteiger partial charge is 0.415 e. The highest BCUT2D eigenvalue weighted by molar-refractivity contribution is 7.98. The third-order valence-corrected chi connectivity index (χ3v) is 3.26. The lowest BCUT2D eigenvalue weighted by Gasteiger charge is -2.13. The van der Waals surface area contributed by atoms with E-state index in [1.807, 2.05) is 0 Å². The van der Waals surface area contributed by atoms with E-state index < -0.39 is 18.0 Å². The number of rotatable bonds is 5. The highest BCUT2D eigenvalue weighted by atomic mass is 32.2. The third kappa shape index (κ3) is 5.98.